The molecule has 2 rings (SSSR count). The zero-order chi connectivity index (χ0) is 22.1. The van der Waals surface area contributed by atoms with Crippen LogP contribution in [0.25, 0.3) is 0 Å². The van der Waals surface area contributed by atoms with Crippen molar-refractivity contribution in [1.29, 1.82) is 0 Å². The smallest absolute Gasteiger partial charge is 0.412 e. The summed E-state index contributed by atoms with van der Waals surface area (Å²) in [6.45, 7) is 1.53. The first kappa shape index (κ1) is 23.2. The maximum Gasteiger partial charge on any atom is 0.412 e. The summed E-state index contributed by atoms with van der Waals surface area (Å²) in [5.41, 5.74) is 1.26. The Morgan fingerprint density at radius 1 is 1.17 bits per heavy atom. The number of phenols is 1. The molecule has 0 bridgehead atoms. The summed E-state index contributed by atoms with van der Waals surface area (Å²) in [7, 11) is 0. The second kappa shape index (κ2) is 11.2. The molecule has 30 heavy (non-hydrogen) atoms. The number of rotatable bonds is 9. The lowest BCUT2D eigenvalue weighted by Crippen LogP contribution is -2.18. The Hall–Kier alpha value is -3.07. The summed E-state index contributed by atoms with van der Waals surface area (Å²) in [5.74, 6) is -1.98. The summed E-state index contributed by atoms with van der Waals surface area (Å²) in [4.78, 5) is 34.8. The fourth-order valence-electron chi connectivity index (χ4n) is 2.58. The normalized spacial score (nSPS) is 11.4. The fraction of sp³-hybridized carbons (Fsp3) is 0.286. The molecule has 2 N–H and O–H groups in total. The van der Waals surface area contributed by atoms with Gasteiger partial charge < -0.3 is 14.6 Å². The van der Waals surface area contributed by atoms with Gasteiger partial charge in [0.1, 0.15) is 6.10 Å². The number of hydrogen-bond acceptors (Lipinski definition) is 7. The third kappa shape index (κ3) is 7.07. The number of amides is 1. The lowest BCUT2D eigenvalue weighted by atomic mass is 10.0. The molecule has 0 heterocycles. The number of halogens is 1. The van der Waals surface area contributed by atoms with Crippen molar-refractivity contribution in [1.82, 2.24) is 0 Å². The van der Waals surface area contributed by atoms with E-state index in [1.54, 1.807) is 24.3 Å². The van der Waals surface area contributed by atoms with E-state index in [1.807, 2.05) is 0 Å². The van der Waals surface area contributed by atoms with Gasteiger partial charge in [0.25, 0.3) is 0 Å². The van der Waals surface area contributed by atoms with Gasteiger partial charge in [-0.1, -0.05) is 6.07 Å². The average molecular weight is 435 g/mol. The highest BCUT2D eigenvalue weighted by Crippen LogP contribution is 2.27. The van der Waals surface area contributed by atoms with E-state index in [4.69, 9.17) is 9.47 Å². The van der Waals surface area contributed by atoms with Crippen LogP contribution in [0.4, 0.5) is 14.9 Å². The first-order chi connectivity index (χ1) is 14.3. The predicted molar refractivity (Wildman–Crippen MR) is 111 cm³/mol. The lowest BCUT2D eigenvalue weighted by Gasteiger charge is -2.19. The van der Waals surface area contributed by atoms with Crippen LogP contribution in [0.15, 0.2) is 42.5 Å². The molecule has 0 spiro atoms. The highest BCUT2D eigenvalue weighted by molar-refractivity contribution is 7.81. The molecule has 160 valence electrons. The molecule has 0 saturated carbocycles. The van der Waals surface area contributed by atoms with Crippen molar-refractivity contribution in [2.45, 2.75) is 25.9 Å². The van der Waals surface area contributed by atoms with E-state index >= 15 is 0 Å². The number of benzene rings is 2. The minimum atomic E-state index is -0.845. The van der Waals surface area contributed by atoms with E-state index in [0.717, 1.165) is 6.07 Å². The maximum absolute atomic E-state index is 13.8. The van der Waals surface area contributed by atoms with Crippen LogP contribution in [-0.2, 0) is 14.3 Å². The topological polar surface area (TPSA) is 102 Å². The van der Waals surface area contributed by atoms with Gasteiger partial charge in [-0.25, -0.2) is 9.18 Å². The molecule has 1 atom stereocenters. The van der Waals surface area contributed by atoms with E-state index in [-0.39, 0.29) is 24.6 Å². The van der Waals surface area contributed by atoms with Crippen molar-refractivity contribution in [3.63, 3.8) is 0 Å². The van der Waals surface area contributed by atoms with Crippen LogP contribution in [0.2, 0.25) is 0 Å². The molecule has 0 aliphatic heterocycles. The number of esters is 1. The number of aromatic hydroxyl groups is 1. The number of ether oxygens (including phenoxy) is 2. The Balaban J connectivity index is 2.04. The maximum atomic E-state index is 13.8. The Kier molecular flexibility index (Phi) is 8.67. The van der Waals surface area contributed by atoms with Crippen LogP contribution in [0.5, 0.6) is 5.75 Å². The molecular formula is C21H22FNO6S. The van der Waals surface area contributed by atoms with Gasteiger partial charge >= 0.3 is 12.1 Å². The molecule has 9 heteroatoms. The van der Waals surface area contributed by atoms with Crippen molar-refractivity contribution in [2.75, 3.05) is 17.7 Å². The first-order valence-corrected chi connectivity index (χ1v) is 9.77. The summed E-state index contributed by atoms with van der Waals surface area (Å²) in [6, 6.07) is 9.95. The van der Waals surface area contributed by atoms with Crippen LogP contribution in [0.3, 0.4) is 0 Å². The van der Waals surface area contributed by atoms with E-state index in [9.17, 15) is 23.9 Å². The highest BCUT2D eigenvalue weighted by atomic mass is 32.1. The second-order valence-corrected chi connectivity index (χ2v) is 6.70. The monoisotopic (exact) mass is 435 g/mol. The van der Waals surface area contributed by atoms with E-state index < -0.39 is 29.7 Å². The Morgan fingerprint density at radius 3 is 2.47 bits per heavy atom. The van der Waals surface area contributed by atoms with Crippen molar-refractivity contribution >= 4 is 36.2 Å². The van der Waals surface area contributed by atoms with Gasteiger partial charge in [-0.2, -0.15) is 12.6 Å². The minimum absolute atomic E-state index is 0.0477. The van der Waals surface area contributed by atoms with Crippen LogP contribution in [-0.4, -0.2) is 35.3 Å². The molecule has 2 aromatic rings. The van der Waals surface area contributed by atoms with Gasteiger partial charge in [-0.05, 0) is 61.7 Å². The van der Waals surface area contributed by atoms with Gasteiger partial charge in [0.05, 0.1) is 12.4 Å². The predicted octanol–water partition coefficient (Wildman–Crippen LogP) is 4.28. The standard InChI is InChI=1S/C21H22FNO6S/c1-13(24)14-4-7-16(8-5-14)23-21(27)29-19(3-2-10-28-20(26)12-30)15-6-9-18(25)17(22)11-15/h4-9,11,19,25,30H,2-3,10,12H2,1H3,(H,23,27)/t19-/m1/s1. The number of anilines is 1. The lowest BCUT2D eigenvalue weighted by molar-refractivity contribution is -0.140. The molecule has 0 fully saturated rings. The highest BCUT2D eigenvalue weighted by Gasteiger charge is 2.19. The zero-order valence-corrected chi connectivity index (χ0v) is 17.2. The van der Waals surface area contributed by atoms with Gasteiger partial charge in [0.15, 0.2) is 17.3 Å². The number of Topliss-reactive ketones (excluding diaryl/α,β-unsaturated/α-hetero) is 1. The summed E-state index contributed by atoms with van der Waals surface area (Å²) < 4.78 is 24.1. The zero-order valence-electron chi connectivity index (χ0n) is 16.3. The van der Waals surface area contributed by atoms with Crippen molar-refractivity contribution in [3.8, 4) is 5.75 Å². The third-order valence-corrected chi connectivity index (χ3v) is 4.39. The minimum Gasteiger partial charge on any atom is -0.505 e. The Morgan fingerprint density at radius 2 is 1.87 bits per heavy atom. The first-order valence-electron chi connectivity index (χ1n) is 9.13. The fourth-order valence-corrected chi connectivity index (χ4v) is 2.67. The molecule has 1 amide bonds. The van der Waals surface area contributed by atoms with Crippen molar-refractivity contribution < 1.29 is 33.4 Å². The van der Waals surface area contributed by atoms with E-state index in [0.29, 0.717) is 23.2 Å². The molecule has 0 aromatic heterocycles. The number of nitrogens with one attached hydrogen (secondary N) is 1. The number of carbonyl (C=O) groups excluding carboxylic acids is 3. The molecule has 0 unspecified atom stereocenters. The summed E-state index contributed by atoms with van der Waals surface area (Å²) >= 11 is 3.81. The Labute approximate surface area is 178 Å². The quantitative estimate of drug-likeness (QED) is 0.235. The Bertz CT molecular complexity index is 903. The number of hydrogen-bond donors (Lipinski definition) is 3. The van der Waals surface area contributed by atoms with Crippen LogP contribution in [0, 0.1) is 5.82 Å². The van der Waals surface area contributed by atoms with Gasteiger partial charge in [-0.3, -0.25) is 14.9 Å². The molecule has 7 nitrogen and oxygen atoms in total. The summed E-state index contributed by atoms with van der Waals surface area (Å²) in [5, 5.41) is 11.9. The van der Waals surface area contributed by atoms with Crippen molar-refractivity contribution in [3.05, 3.63) is 59.4 Å². The van der Waals surface area contributed by atoms with Gasteiger partial charge in [0.2, 0.25) is 0 Å². The number of ketones is 1. The van der Waals surface area contributed by atoms with Crippen LogP contribution in [0.1, 0.15) is 41.8 Å². The van der Waals surface area contributed by atoms with Crippen LogP contribution < -0.4 is 5.32 Å². The van der Waals surface area contributed by atoms with Crippen molar-refractivity contribution in [2.24, 2.45) is 0 Å². The summed E-state index contributed by atoms with van der Waals surface area (Å²) in [6.07, 6.45) is -1.02. The van der Waals surface area contributed by atoms with Gasteiger partial charge in [0, 0.05) is 11.3 Å². The van der Waals surface area contributed by atoms with Crippen LogP contribution >= 0.6 is 12.6 Å². The molecule has 0 saturated heterocycles. The SMILES string of the molecule is CC(=O)c1ccc(NC(=O)O[C@H](CCCOC(=O)CS)c2ccc(O)c(F)c2)cc1. The number of thiol groups is 1. The molecule has 0 aliphatic rings. The number of carbonyl (C=O) groups is 3. The largest absolute Gasteiger partial charge is 0.505 e. The molecule has 2 aromatic carbocycles. The third-order valence-electron chi connectivity index (χ3n) is 4.13. The average Bonchev–Trinajstić information content (AvgIpc) is 2.72. The van der Waals surface area contributed by atoms with Gasteiger partial charge in [-0.15, -0.1) is 0 Å². The molecule has 0 radical (unpaired) electrons. The molecule has 0 aliphatic carbocycles. The number of phenolic OH excluding ortho intramolecular Hbond substituents is 1. The van der Waals surface area contributed by atoms with E-state index in [1.165, 1.54) is 19.1 Å². The second-order valence-electron chi connectivity index (χ2n) is 6.38. The molecular weight excluding hydrogens is 413 g/mol. The van der Waals surface area contributed by atoms with E-state index in [2.05, 4.69) is 17.9 Å².